The molecule has 0 bridgehead atoms. The van der Waals surface area contributed by atoms with E-state index < -0.39 is 0 Å². The third kappa shape index (κ3) is 3.90. The molecular weight excluding hydrogens is 346 g/mol. The minimum Gasteiger partial charge on any atom is -0.378 e. The number of hydrogen-bond donors (Lipinski definition) is 0. The van der Waals surface area contributed by atoms with Crippen molar-refractivity contribution in [3.05, 3.63) is 17.5 Å². The minimum atomic E-state index is 0.0164. The number of carbonyl (C=O) groups is 2. The molecule has 0 unspecified atom stereocenters. The van der Waals surface area contributed by atoms with E-state index in [1.54, 1.807) is 6.92 Å². The van der Waals surface area contributed by atoms with E-state index in [-0.39, 0.29) is 17.7 Å². The predicted molar refractivity (Wildman–Crippen MR) is 99.2 cm³/mol. The van der Waals surface area contributed by atoms with Crippen LogP contribution in [0, 0.1) is 5.92 Å². The molecule has 4 rings (SSSR count). The maximum atomic E-state index is 13.0. The summed E-state index contributed by atoms with van der Waals surface area (Å²) in [6, 6.07) is 0. The van der Waals surface area contributed by atoms with Gasteiger partial charge < -0.3 is 19.4 Å². The topological polar surface area (TPSA) is 78.9 Å². The van der Waals surface area contributed by atoms with Crippen LogP contribution in [0.25, 0.3) is 0 Å². The first-order chi connectivity index (χ1) is 13.1. The summed E-state index contributed by atoms with van der Waals surface area (Å²) >= 11 is 0. The third-order valence-corrected chi connectivity index (χ3v) is 5.83. The van der Waals surface area contributed by atoms with Crippen LogP contribution in [0.3, 0.4) is 0 Å². The zero-order chi connectivity index (χ0) is 18.8. The first-order valence-corrected chi connectivity index (χ1v) is 9.83. The molecule has 0 aromatic carbocycles. The van der Waals surface area contributed by atoms with Gasteiger partial charge in [0, 0.05) is 51.8 Å². The predicted octanol–water partition coefficient (Wildman–Crippen LogP) is 0.456. The number of amides is 2. The molecule has 146 valence electrons. The first kappa shape index (κ1) is 18.2. The van der Waals surface area contributed by atoms with Gasteiger partial charge in [-0.2, -0.15) is 0 Å². The highest BCUT2D eigenvalue weighted by Crippen LogP contribution is 2.25. The van der Waals surface area contributed by atoms with Crippen molar-refractivity contribution < 1.29 is 14.3 Å². The molecule has 8 heteroatoms. The van der Waals surface area contributed by atoms with Crippen molar-refractivity contribution in [2.75, 3.05) is 50.8 Å². The number of piperidine rings is 1. The number of likely N-dealkylation sites (tertiary alicyclic amines) is 1. The summed E-state index contributed by atoms with van der Waals surface area (Å²) in [5.74, 6) is 1.05. The van der Waals surface area contributed by atoms with Crippen molar-refractivity contribution in [2.24, 2.45) is 5.92 Å². The second kappa shape index (κ2) is 7.80. The smallest absolute Gasteiger partial charge is 0.226 e. The van der Waals surface area contributed by atoms with Crippen LogP contribution < -0.4 is 4.90 Å². The zero-order valence-corrected chi connectivity index (χ0v) is 15.9. The van der Waals surface area contributed by atoms with E-state index in [0.29, 0.717) is 32.8 Å². The van der Waals surface area contributed by atoms with E-state index in [4.69, 9.17) is 9.72 Å². The molecule has 0 radical (unpaired) electrons. The molecule has 1 aromatic rings. The van der Waals surface area contributed by atoms with Gasteiger partial charge in [0.05, 0.1) is 25.5 Å². The lowest BCUT2D eigenvalue weighted by atomic mass is 9.94. The number of ether oxygens (including phenoxy) is 1. The van der Waals surface area contributed by atoms with E-state index in [9.17, 15) is 9.59 Å². The van der Waals surface area contributed by atoms with Crippen LogP contribution in [0.2, 0.25) is 0 Å². The Morgan fingerprint density at radius 3 is 2.52 bits per heavy atom. The summed E-state index contributed by atoms with van der Waals surface area (Å²) in [6.07, 6.45) is 4.23. The molecule has 0 spiro atoms. The van der Waals surface area contributed by atoms with Crippen LogP contribution in [-0.4, -0.2) is 77.5 Å². The van der Waals surface area contributed by atoms with Crippen molar-refractivity contribution in [3.8, 4) is 0 Å². The van der Waals surface area contributed by atoms with Crippen molar-refractivity contribution in [1.29, 1.82) is 0 Å². The van der Waals surface area contributed by atoms with Crippen molar-refractivity contribution in [2.45, 2.75) is 32.7 Å². The van der Waals surface area contributed by atoms with Gasteiger partial charge in [-0.05, 0) is 24.8 Å². The van der Waals surface area contributed by atoms with Gasteiger partial charge >= 0.3 is 0 Å². The largest absolute Gasteiger partial charge is 0.378 e. The van der Waals surface area contributed by atoms with Gasteiger partial charge in [0.2, 0.25) is 17.8 Å². The zero-order valence-electron chi connectivity index (χ0n) is 15.9. The van der Waals surface area contributed by atoms with E-state index in [1.807, 2.05) is 16.0 Å². The van der Waals surface area contributed by atoms with Crippen LogP contribution in [-0.2, 0) is 27.3 Å². The van der Waals surface area contributed by atoms with Gasteiger partial charge in [0.1, 0.15) is 0 Å². The summed E-state index contributed by atoms with van der Waals surface area (Å²) in [5, 5.41) is 0. The Hall–Kier alpha value is -2.22. The Morgan fingerprint density at radius 1 is 1.07 bits per heavy atom. The van der Waals surface area contributed by atoms with E-state index in [2.05, 4.69) is 9.88 Å². The van der Waals surface area contributed by atoms with Gasteiger partial charge in [-0.1, -0.05) is 0 Å². The molecule has 8 nitrogen and oxygen atoms in total. The number of nitrogens with zero attached hydrogens (tertiary/aromatic N) is 5. The van der Waals surface area contributed by atoms with E-state index >= 15 is 0 Å². The van der Waals surface area contributed by atoms with E-state index in [0.717, 1.165) is 56.1 Å². The molecule has 0 N–H and O–H groups in total. The SMILES string of the molecule is CC(=O)N1CCC(C(=O)N2CCc3cnc(N4CCOCC4)nc3C2)CC1. The Balaban J connectivity index is 1.41. The molecule has 0 atom stereocenters. The molecule has 2 saturated heterocycles. The molecular formula is C19H27N5O3. The first-order valence-electron chi connectivity index (χ1n) is 9.83. The summed E-state index contributed by atoms with van der Waals surface area (Å²) < 4.78 is 5.40. The van der Waals surface area contributed by atoms with Crippen LogP contribution in [0.4, 0.5) is 5.95 Å². The normalized spacial score (nSPS) is 21.1. The number of rotatable bonds is 2. The van der Waals surface area contributed by atoms with Gasteiger partial charge in [0.15, 0.2) is 0 Å². The molecule has 3 aliphatic rings. The summed E-state index contributed by atoms with van der Waals surface area (Å²) in [4.78, 5) is 39.6. The summed E-state index contributed by atoms with van der Waals surface area (Å²) in [7, 11) is 0. The van der Waals surface area contributed by atoms with Gasteiger partial charge in [-0.25, -0.2) is 9.97 Å². The standard InChI is InChI=1S/C19H27N5O3/c1-14(25)22-5-2-15(3-6-22)18(26)24-7-4-16-12-20-19(21-17(16)13-24)23-8-10-27-11-9-23/h12,15H,2-11,13H2,1H3. The number of fused-ring (bicyclic) bond motifs is 1. The molecule has 1 aromatic heterocycles. The fraction of sp³-hybridized carbons (Fsp3) is 0.684. The lowest BCUT2D eigenvalue weighted by Crippen LogP contribution is -2.45. The molecule has 2 amide bonds. The lowest BCUT2D eigenvalue weighted by Gasteiger charge is -2.35. The molecule has 27 heavy (non-hydrogen) atoms. The monoisotopic (exact) mass is 373 g/mol. The van der Waals surface area contributed by atoms with Crippen LogP contribution in [0.1, 0.15) is 31.0 Å². The second-order valence-electron chi connectivity index (χ2n) is 7.53. The Labute approximate surface area is 159 Å². The summed E-state index contributed by atoms with van der Waals surface area (Å²) in [6.45, 7) is 7.23. The maximum absolute atomic E-state index is 13.0. The Bertz CT molecular complexity index is 711. The van der Waals surface area contributed by atoms with Crippen LogP contribution in [0.5, 0.6) is 0 Å². The number of morpholine rings is 1. The molecule has 4 heterocycles. The highest BCUT2D eigenvalue weighted by Gasteiger charge is 2.31. The average molecular weight is 373 g/mol. The average Bonchev–Trinajstić information content (AvgIpc) is 2.73. The van der Waals surface area contributed by atoms with Gasteiger partial charge in [-0.3, -0.25) is 9.59 Å². The summed E-state index contributed by atoms with van der Waals surface area (Å²) in [5.41, 5.74) is 2.11. The minimum absolute atomic E-state index is 0.0164. The Morgan fingerprint density at radius 2 is 1.81 bits per heavy atom. The van der Waals surface area contributed by atoms with Gasteiger partial charge in [-0.15, -0.1) is 0 Å². The molecule has 3 aliphatic heterocycles. The lowest BCUT2D eigenvalue weighted by molar-refractivity contribution is -0.140. The number of hydrogen-bond acceptors (Lipinski definition) is 6. The number of carbonyl (C=O) groups excluding carboxylic acids is 2. The highest BCUT2D eigenvalue weighted by molar-refractivity contribution is 5.80. The number of anilines is 1. The quantitative estimate of drug-likeness (QED) is 0.749. The van der Waals surface area contributed by atoms with Crippen molar-refractivity contribution in [1.82, 2.24) is 19.8 Å². The van der Waals surface area contributed by atoms with Crippen LogP contribution >= 0.6 is 0 Å². The highest BCUT2D eigenvalue weighted by atomic mass is 16.5. The van der Waals surface area contributed by atoms with Gasteiger partial charge in [0.25, 0.3) is 0 Å². The Kier molecular flexibility index (Phi) is 5.24. The van der Waals surface area contributed by atoms with Crippen LogP contribution in [0.15, 0.2) is 6.20 Å². The van der Waals surface area contributed by atoms with Crippen molar-refractivity contribution >= 4 is 17.8 Å². The third-order valence-electron chi connectivity index (χ3n) is 5.83. The maximum Gasteiger partial charge on any atom is 0.226 e. The fourth-order valence-electron chi connectivity index (χ4n) is 4.10. The molecule has 0 aliphatic carbocycles. The molecule has 0 saturated carbocycles. The molecule has 2 fully saturated rings. The number of aromatic nitrogens is 2. The second-order valence-corrected chi connectivity index (χ2v) is 7.53. The fourth-order valence-corrected chi connectivity index (χ4v) is 4.10. The van der Waals surface area contributed by atoms with Crippen molar-refractivity contribution in [3.63, 3.8) is 0 Å². The van der Waals surface area contributed by atoms with E-state index in [1.165, 1.54) is 0 Å².